The van der Waals surface area contributed by atoms with E-state index in [0.717, 1.165) is 0 Å². The van der Waals surface area contributed by atoms with Crippen molar-refractivity contribution < 1.29 is 17.9 Å². The molecule has 0 aromatic carbocycles. The molecule has 0 fully saturated rings. The van der Waals surface area contributed by atoms with Gasteiger partial charge >= 0.3 is 6.36 Å². The van der Waals surface area contributed by atoms with Gasteiger partial charge in [0.1, 0.15) is 5.75 Å². The fourth-order valence-electron chi connectivity index (χ4n) is 0.827. The largest absolute Gasteiger partial charge is 0.573 e. The minimum Gasteiger partial charge on any atom is -0.404 e. The van der Waals surface area contributed by atoms with E-state index in [1.54, 1.807) is 18.5 Å². The molecule has 68 valence electrons. The Hall–Kier alpha value is -1.13. The van der Waals surface area contributed by atoms with Crippen LogP contribution in [0.15, 0.2) is 12.3 Å². The average molecular weight is 179 g/mol. The molecule has 0 aliphatic rings. The quantitative estimate of drug-likeness (QED) is 0.644. The van der Waals surface area contributed by atoms with Crippen LogP contribution in [0, 0.1) is 6.92 Å². The van der Waals surface area contributed by atoms with Crippen molar-refractivity contribution >= 4 is 0 Å². The lowest BCUT2D eigenvalue weighted by Crippen LogP contribution is -2.16. The van der Waals surface area contributed by atoms with Crippen LogP contribution in [0.5, 0.6) is 5.75 Å². The van der Waals surface area contributed by atoms with Crippen LogP contribution in [-0.2, 0) is 7.05 Å². The fourth-order valence-corrected chi connectivity index (χ4v) is 0.827. The third kappa shape index (κ3) is 2.18. The first-order chi connectivity index (χ1) is 5.38. The summed E-state index contributed by atoms with van der Waals surface area (Å²) in [6.07, 6.45) is -3.32. The van der Waals surface area contributed by atoms with Gasteiger partial charge in [-0.2, -0.15) is 0 Å². The van der Waals surface area contributed by atoms with Crippen LogP contribution in [0.1, 0.15) is 5.69 Å². The number of hydrogen-bond donors (Lipinski definition) is 0. The molecule has 0 unspecified atom stereocenters. The summed E-state index contributed by atoms with van der Waals surface area (Å²) in [5, 5.41) is 0. The first kappa shape index (κ1) is 8.96. The summed E-state index contributed by atoms with van der Waals surface area (Å²) in [4.78, 5) is 0. The molecule has 5 heteroatoms. The molecule has 0 spiro atoms. The molecule has 1 aromatic rings. The molecule has 0 aliphatic carbocycles. The molecule has 0 aliphatic heterocycles. The number of hydrogen-bond acceptors (Lipinski definition) is 1. The van der Waals surface area contributed by atoms with E-state index in [2.05, 4.69) is 4.74 Å². The van der Waals surface area contributed by atoms with E-state index in [1.807, 2.05) is 0 Å². The van der Waals surface area contributed by atoms with Crippen molar-refractivity contribution in [2.75, 3.05) is 0 Å². The van der Waals surface area contributed by atoms with Crippen molar-refractivity contribution in [2.45, 2.75) is 13.3 Å². The molecule has 2 nitrogen and oxygen atoms in total. The predicted molar refractivity (Wildman–Crippen MR) is 36.8 cm³/mol. The summed E-state index contributed by atoms with van der Waals surface area (Å²) in [6.45, 7) is 1.70. The average Bonchev–Trinajstić information content (AvgIpc) is 2.07. The Kier molecular flexibility index (Phi) is 2.04. The maximum atomic E-state index is 11.7. The molecule has 0 amide bonds. The molecule has 1 aromatic heterocycles. The van der Waals surface area contributed by atoms with Gasteiger partial charge in [-0.1, -0.05) is 0 Å². The highest BCUT2D eigenvalue weighted by molar-refractivity contribution is 5.23. The summed E-state index contributed by atoms with van der Waals surface area (Å²) in [5.74, 6) is -0.178. The molecule has 0 radical (unpaired) electrons. The zero-order chi connectivity index (χ0) is 9.35. The number of halogens is 3. The highest BCUT2D eigenvalue weighted by atomic mass is 19.4. The Morgan fingerprint density at radius 1 is 1.42 bits per heavy atom. The second kappa shape index (κ2) is 2.73. The lowest BCUT2D eigenvalue weighted by atomic mass is 10.5. The summed E-state index contributed by atoms with van der Waals surface area (Å²) in [7, 11) is 1.65. The Morgan fingerprint density at radius 3 is 2.33 bits per heavy atom. The first-order valence-corrected chi connectivity index (χ1v) is 3.27. The van der Waals surface area contributed by atoms with Gasteiger partial charge < -0.3 is 9.30 Å². The zero-order valence-corrected chi connectivity index (χ0v) is 6.64. The van der Waals surface area contributed by atoms with Crippen molar-refractivity contribution in [3.63, 3.8) is 0 Å². The molecule has 1 heterocycles. The predicted octanol–water partition coefficient (Wildman–Crippen LogP) is 2.23. The van der Waals surface area contributed by atoms with Gasteiger partial charge in [-0.3, -0.25) is 0 Å². The molecule has 0 bridgehead atoms. The Morgan fingerprint density at radius 2 is 2.00 bits per heavy atom. The van der Waals surface area contributed by atoms with E-state index in [0.29, 0.717) is 5.69 Å². The maximum Gasteiger partial charge on any atom is 0.573 e. The second-order valence-corrected chi connectivity index (χ2v) is 2.48. The molecule has 0 N–H and O–H groups in total. The number of aryl methyl sites for hydroxylation is 2. The van der Waals surface area contributed by atoms with Crippen molar-refractivity contribution in [2.24, 2.45) is 7.05 Å². The van der Waals surface area contributed by atoms with E-state index >= 15 is 0 Å². The molecule has 0 saturated carbocycles. The SMILES string of the molecule is Cc1cc(OC(F)(F)F)cn1C. The summed E-state index contributed by atoms with van der Waals surface area (Å²) in [5.41, 5.74) is 0.717. The lowest BCUT2D eigenvalue weighted by Gasteiger charge is -2.05. The molecule has 0 atom stereocenters. The number of alkyl halides is 3. The number of rotatable bonds is 1. The molecular weight excluding hydrogens is 171 g/mol. The minimum atomic E-state index is -4.60. The van der Waals surface area contributed by atoms with Crippen molar-refractivity contribution in [3.05, 3.63) is 18.0 Å². The van der Waals surface area contributed by atoms with Crippen LogP contribution in [0.4, 0.5) is 13.2 Å². The molecule has 1 rings (SSSR count). The highest BCUT2D eigenvalue weighted by Gasteiger charge is 2.31. The normalized spacial score (nSPS) is 11.8. The molecule has 0 saturated heterocycles. The van der Waals surface area contributed by atoms with Crippen LogP contribution in [0.3, 0.4) is 0 Å². The van der Waals surface area contributed by atoms with Crippen LogP contribution >= 0.6 is 0 Å². The number of ether oxygens (including phenoxy) is 1. The van der Waals surface area contributed by atoms with Crippen LogP contribution in [0.2, 0.25) is 0 Å². The maximum absolute atomic E-state index is 11.7. The second-order valence-electron chi connectivity index (χ2n) is 2.48. The zero-order valence-electron chi connectivity index (χ0n) is 6.64. The Labute approximate surface area is 67.6 Å². The van der Waals surface area contributed by atoms with Gasteiger partial charge in [0.15, 0.2) is 0 Å². The third-order valence-corrected chi connectivity index (χ3v) is 1.46. The van der Waals surface area contributed by atoms with Gasteiger partial charge in [-0.15, -0.1) is 13.2 Å². The van der Waals surface area contributed by atoms with Gasteiger partial charge in [0.05, 0.1) is 0 Å². The fraction of sp³-hybridized carbons (Fsp3) is 0.429. The van der Waals surface area contributed by atoms with Crippen molar-refractivity contribution in [1.82, 2.24) is 4.57 Å². The van der Waals surface area contributed by atoms with Crippen LogP contribution in [-0.4, -0.2) is 10.9 Å². The summed E-state index contributed by atoms with van der Waals surface area (Å²) < 4.78 is 40.2. The van der Waals surface area contributed by atoms with Gasteiger partial charge in [0.25, 0.3) is 0 Å². The van der Waals surface area contributed by atoms with E-state index in [4.69, 9.17) is 0 Å². The highest BCUT2D eigenvalue weighted by Crippen LogP contribution is 2.23. The minimum absolute atomic E-state index is 0.178. The smallest absolute Gasteiger partial charge is 0.404 e. The standard InChI is InChI=1S/C7H8F3NO/c1-5-3-6(4-11(5)2)12-7(8,9)10/h3-4H,1-2H3. The van der Waals surface area contributed by atoms with Crippen LogP contribution in [0.25, 0.3) is 0 Å². The molecular formula is C7H8F3NO. The lowest BCUT2D eigenvalue weighted by molar-refractivity contribution is -0.274. The monoisotopic (exact) mass is 179 g/mol. The van der Waals surface area contributed by atoms with E-state index in [1.165, 1.54) is 12.3 Å². The van der Waals surface area contributed by atoms with Gasteiger partial charge in [0, 0.05) is 25.0 Å². The third-order valence-electron chi connectivity index (χ3n) is 1.46. The first-order valence-electron chi connectivity index (χ1n) is 3.27. The van der Waals surface area contributed by atoms with Gasteiger partial charge in [-0.25, -0.2) is 0 Å². The van der Waals surface area contributed by atoms with Crippen LogP contribution < -0.4 is 4.74 Å². The Balaban J connectivity index is 2.77. The van der Waals surface area contributed by atoms with E-state index in [-0.39, 0.29) is 5.75 Å². The van der Waals surface area contributed by atoms with E-state index < -0.39 is 6.36 Å². The molecule has 12 heavy (non-hydrogen) atoms. The van der Waals surface area contributed by atoms with Crippen molar-refractivity contribution in [3.8, 4) is 5.75 Å². The van der Waals surface area contributed by atoms with E-state index in [9.17, 15) is 13.2 Å². The summed E-state index contributed by atoms with van der Waals surface area (Å²) >= 11 is 0. The van der Waals surface area contributed by atoms with Gasteiger partial charge in [-0.05, 0) is 6.92 Å². The van der Waals surface area contributed by atoms with Gasteiger partial charge in [0.2, 0.25) is 0 Å². The number of nitrogens with zero attached hydrogens (tertiary/aromatic N) is 1. The van der Waals surface area contributed by atoms with Crippen molar-refractivity contribution in [1.29, 1.82) is 0 Å². The topological polar surface area (TPSA) is 14.2 Å². The summed E-state index contributed by atoms with van der Waals surface area (Å²) in [6, 6.07) is 1.33. The Bertz CT molecular complexity index is 257. The number of aromatic nitrogens is 1.